The topological polar surface area (TPSA) is 85.1 Å². The number of primary sulfonamides is 1. The second-order valence-corrected chi connectivity index (χ2v) is 6.34. The van der Waals surface area contributed by atoms with Gasteiger partial charge in [-0.2, -0.15) is 0 Å². The Morgan fingerprint density at radius 1 is 1.44 bits per heavy atom. The highest BCUT2D eigenvalue weighted by Gasteiger charge is 2.09. The molecule has 0 bridgehead atoms. The number of benzene rings is 1. The van der Waals surface area contributed by atoms with Gasteiger partial charge in [-0.05, 0) is 24.6 Å². The average Bonchev–Trinajstić information content (AvgIpc) is 2.79. The van der Waals surface area contributed by atoms with E-state index in [0.717, 1.165) is 16.3 Å². The summed E-state index contributed by atoms with van der Waals surface area (Å²) in [5.41, 5.74) is 1.70. The van der Waals surface area contributed by atoms with E-state index in [1.165, 1.54) is 12.1 Å². The third-order valence-electron chi connectivity index (χ3n) is 2.45. The zero-order valence-electron chi connectivity index (χ0n) is 9.75. The summed E-state index contributed by atoms with van der Waals surface area (Å²) < 4.78 is 22.5. The van der Waals surface area contributed by atoms with Crippen molar-refractivity contribution in [2.45, 2.75) is 18.4 Å². The lowest BCUT2D eigenvalue weighted by molar-refractivity contribution is 0.598. The van der Waals surface area contributed by atoms with Gasteiger partial charge >= 0.3 is 0 Å². The van der Waals surface area contributed by atoms with Crippen molar-refractivity contribution in [3.8, 4) is 0 Å². The second-order valence-electron chi connectivity index (χ2n) is 3.80. The molecule has 3 N–H and O–H groups in total. The Morgan fingerprint density at radius 3 is 2.83 bits per heavy atom. The number of nitrogens with one attached hydrogen (secondary N) is 1. The fourth-order valence-electron chi connectivity index (χ4n) is 1.48. The first-order valence-corrected chi connectivity index (χ1v) is 7.65. The minimum Gasteiger partial charge on any atom is -0.378 e. The summed E-state index contributed by atoms with van der Waals surface area (Å²) in [6.07, 6.45) is 1.73. The van der Waals surface area contributed by atoms with Crippen LogP contribution in [0.25, 0.3) is 0 Å². The van der Waals surface area contributed by atoms with Crippen molar-refractivity contribution < 1.29 is 8.42 Å². The highest BCUT2D eigenvalue weighted by molar-refractivity contribution is 7.89. The number of aryl methyl sites for hydroxylation is 1. The third kappa shape index (κ3) is 3.06. The molecule has 0 atom stereocenters. The Balaban J connectivity index is 2.22. The molecule has 0 radical (unpaired) electrons. The van der Waals surface area contributed by atoms with Crippen LogP contribution in [0.1, 0.15) is 10.6 Å². The molecule has 1 aromatic carbocycles. The van der Waals surface area contributed by atoms with E-state index in [4.69, 9.17) is 5.14 Å². The lowest BCUT2D eigenvalue weighted by Gasteiger charge is -2.09. The van der Waals surface area contributed by atoms with E-state index in [9.17, 15) is 8.42 Å². The Bertz CT molecular complexity index is 636. The first-order chi connectivity index (χ1) is 8.47. The number of thiazole rings is 1. The van der Waals surface area contributed by atoms with E-state index in [0.29, 0.717) is 6.54 Å². The second kappa shape index (κ2) is 5.05. The summed E-state index contributed by atoms with van der Waals surface area (Å²) in [5, 5.41) is 11.1. The van der Waals surface area contributed by atoms with Crippen LogP contribution >= 0.6 is 11.3 Å². The number of nitrogens with two attached hydrogens (primary N) is 1. The van der Waals surface area contributed by atoms with Gasteiger partial charge in [0, 0.05) is 17.3 Å². The fraction of sp³-hybridized carbons (Fsp3) is 0.182. The van der Waals surface area contributed by atoms with Crippen molar-refractivity contribution >= 4 is 27.0 Å². The predicted molar refractivity (Wildman–Crippen MR) is 72.0 cm³/mol. The smallest absolute Gasteiger partial charge is 0.238 e. The van der Waals surface area contributed by atoms with Crippen LogP contribution in [0.5, 0.6) is 0 Å². The zero-order chi connectivity index (χ0) is 13.2. The van der Waals surface area contributed by atoms with Crippen molar-refractivity contribution in [2.75, 3.05) is 5.32 Å². The van der Waals surface area contributed by atoms with Crippen LogP contribution < -0.4 is 10.5 Å². The Kier molecular flexibility index (Phi) is 3.65. The maximum Gasteiger partial charge on any atom is 0.238 e. The first-order valence-electron chi connectivity index (χ1n) is 5.22. The highest BCUT2D eigenvalue weighted by Crippen LogP contribution is 2.20. The number of hydrogen-bond acceptors (Lipinski definition) is 5. The van der Waals surface area contributed by atoms with Gasteiger partial charge in [-0.3, -0.25) is 0 Å². The van der Waals surface area contributed by atoms with E-state index < -0.39 is 10.0 Å². The van der Waals surface area contributed by atoms with E-state index in [2.05, 4.69) is 10.3 Å². The number of aromatic nitrogens is 1. The summed E-state index contributed by atoms with van der Waals surface area (Å²) in [6, 6.07) is 4.77. The van der Waals surface area contributed by atoms with Crippen LogP contribution in [0.3, 0.4) is 0 Å². The van der Waals surface area contributed by atoms with E-state index in [-0.39, 0.29) is 4.90 Å². The zero-order valence-corrected chi connectivity index (χ0v) is 11.4. The summed E-state index contributed by atoms with van der Waals surface area (Å²) in [5.74, 6) is 0. The molecular weight excluding hydrogens is 270 g/mol. The van der Waals surface area contributed by atoms with Crippen molar-refractivity contribution in [1.82, 2.24) is 4.98 Å². The maximum absolute atomic E-state index is 11.3. The summed E-state index contributed by atoms with van der Waals surface area (Å²) in [4.78, 5) is 4.25. The van der Waals surface area contributed by atoms with Crippen molar-refractivity contribution in [3.05, 3.63) is 40.3 Å². The molecule has 18 heavy (non-hydrogen) atoms. The van der Waals surface area contributed by atoms with E-state index in [1.54, 1.807) is 23.6 Å². The molecule has 1 aromatic heterocycles. The average molecular weight is 283 g/mol. The van der Waals surface area contributed by atoms with Gasteiger partial charge in [0.15, 0.2) is 0 Å². The van der Waals surface area contributed by atoms with E-state index >= 15 is 0 Å². The van der Waals surface area contributed by atoms with Crippen LogP contribution in [0, 0.1) is 6.92 Å². The summed E-state index contributed by atoms with van der Waals surface area (Å²) >= 11 is 1.54. The molecule has 2 aromatic rings. The van der Waals surface area contributed by atoms with Crippen molar-refractivity contribution in [3.63, 3.8) is 0 Å². The van der Waals surface area contributed by atoms with Crippen LogP contribution in [0.4, 0.5) is 5.69 Å². The molecule has 1 heterocycles. The molecule has 0 aliphatic rings. The monoisotopic (exact) mass is 283 g/mol. The number of rotatable bonds is 4. The molecule has 0 aliphatic carbocycles. The molecule has 0 aliphatic heterocycles. The largest absolute Gasteiger partial charge is 0.378 e. The van der Waals surface area contributed by atoms with Gasteiger partial charge in [0.25, 0.3) is 0 Å². The van der Waals surface area contributed by atoms with Crippen LogP contribution in [-0.4, -0.2) is 13.4 Å². The molecule has 0 amide bonds. The standard InChI is InChI=1S/C11H13N3O2S2/c1-8-2-3-9(18(12,15)16)6-10(8)14-7-11-13-4-5-17-11/h2-6,14H,7H2,1H3,(H2,12,15,16). The van der Waals surface area contributed by atoms with Gasteiger partial charge in [0.05, 0.1) is 11.4 Å². The molecule has 7 heteroatoms. The maximum atomic E-state index is 11.3. The minimum atomic E-state index is -3.67. The lowest BCUT2D eigenvalue weighted by atomic mass is 10.2. The normalized spacial score (nSPS) is 11.4. The van der Waals surface area contributed by atoms with Crippen LogP contribution in [0.15, 0.2) is 34.7 Å². The van der Waals surface area contributed by atoms with Gasteiger partial charge in [0.1, 0.15) is 5.01 Å². The summed E-state index contributed by atoms with van der Waals surface area (Å²) in [7, 11) is -3.67. The van der Waals surface area contributed by atoms with Gasteiger partial charge in [-0.25, -0.2) is 18.5 Å². The summed E-state index contributed by atoms with van der Waals surface area (Å²) in [6.45, 7) is 2.46. The molecular formula is C11H13N3O2S2. The molecule has 5 nitrogen and oxygen atoms in total. The van der Waals surface area contributed by atoms with Crippen LogP contribution in [-0.2, 0) is 16.6 Å². The molecule has 2 rings (SSSR count). The van der Waals surface area contributed by atoms with Gasteiger partial charge < -0.3 is 5.32 Å². The number of anilines is 1. The molecule has 0 saturated heterocycles. The van der Waals surface area contributed by atoms with Gasteiger partial charge in [-0.15, -0.1) is 11.3 Å². The lowest BCUT2D eigenvalue weighted by Crippen LogP contribution is -2.12. The number of hydrogen-bond donors (Lipinski definition) is 2. The molecule has 96 valence electrons. The van der Waals surface area contributed by atoms with E-state index in [1.807, 2.05) is 12.3 Å². The Hall–Kier alpha value is -1.44. The molecule has 0 saturated carbocycles. The van der Waals surface area contributed by atoms with Gasteiger partial charge in [0.2, 0.25) is 10.0 Å². The number of sulfonamides is 1. The van der Waals surface area contributed by atoms with Gasteiger partial charge in [-0.1, -0.05) is 6.07 Å². The minimum absolute atomic E-state index is 0.106. The molecule has 0 fully saturated rings. The Labute approximate surface area is 110 Å². The molecule has 0 unspecified atom stereocenters. The highest BCUT2D eigenvalue weighted by atomic mass is 32.2. The van der Waals surface area contributed by atoms with Crippen molar-refractivity contribution in [2.24, 2.45) is 5.14 Å². The van der Waals surface area contributed by atoms with Crippen molar-refractivity contribution in [1.29, 1.82) is 0 Å². The predicted octanol–water partition coefficient (Wildman–Crippen LogP) is 1.71. The fourth-order valence-corrected chi connectivity index (χ4v) is 2.58. The molecule has 0 spiro atoms. The quantitative estimate of drug-likeness (QED) is 0.894. The number of nitrogens with zero attached hydrogens (tertiary/aromatic N) is 1. The third-order valence-corrected chi connectivity index (χ3v) is 4.14. The van der Waals surface area contributed by atoms with Crippen LogP contribution in [0.2, 0.25) is 0 Å². The first kappa shape index (κ1) is 13.0. The SMILES string of the molecule is Cc1ccc(S(N)(=O)=O)cc1NCc1nccs1. The Morgan fingerprint density at radius 2 is 2.22 bits per heavy atom.